The minimum atomic E-state index is -2.29. The normalized spacial score (nSPS) is 12.1. The van der Waals surface area contributed by atoms with Gasteiger partial charge in [-0.15, -0.1) is 0 Å². The van der Waals surface area contributed by atoms with Crippen molar-refractivity contribution in [1.82, 2.24) is 0 Å². The molecule has 0 aromatic heterocycles. The molecule has 2 aromatic rings. The quantitative estimate of drug-likeness (QED) is 0.421. The van der Waals surface area contributed by atoms with Crippen molar-refractivity contribution in [3.63, 3.8) is 0 Å². The maximum atomic E-state index is 10.4. The Labute approximate surface area is 137 Å². The molecule has 126 valence electrons. The second kappa shape index (κ2) is 9.88. The molecule has 7 heteroatoms. The molecule has 2 unspecified atom stereocenters. The monoisotopic (exact) mass is 332 g/mol. The first-order valence-corrected chi connectivity index (χ1v) is 6.81. The first-order chi connectivity index (χ1) is 11.5. The summed E-state index contributed by atoms with van der Waals surface area (Å²) in [6.07, 6.45) is -4.55. The molecule has 2 rings (SSSR count). The molecule has 0 amide bonds. The number of benzene rings is 2. The number of carbonyl (C=O) groups is 3. The lowest BCUT2D eigenvalue weighted by Crippen LogP contribution is -2.40. The van der Waals surface area contributed by atoms with Crippen LogP contribution in [0.1, 0.15) is 0 Å². The summed E-state index contributed by atoms with van der Waals surface area (Å²) in [6.45, 7) is -0.278. The molecule has 0 aliphatic rings. The van der Waals surface area contributed by atoms with E-state index in [-0.39, 0.29) is 6.47 Å². The second-order valence-corrected chi connectivity index (χ2v) is 4.49. The number of rotatable bonds is 5. The standard InChI is InChI=1S/C12H10.C5H6O7/c1-3-7-11(8-4-1)12-9-5-2-6-10-12;6-1-12-5(11)3(8)2(7)4(9)10/h1-10H;1-3,7-8H,(H,9,10). The summed E-state index contributed by atoms with van der Waals surface area (Å²) in [5, 5.41) is 25.2. The zero-order valence-electron chi connectivity index (χ0n) is 12.5. The van der Waals surface area contributed by atoms with E-state index in [0.29, 0.717) is 0 Å². The summed E-state index contributed by atoms with van der Waals surface area (Å²) < 4.78 is 3.58. The number of esters is 1. The van der Waals surface area contributed by atoms with Gasteiger partial charge < -0.3 is 20.1 Å². The Morgan fingerprint density at radius 3 is 1.58 bits per heavy atom. The Morgan fingerprint density at radius 1 is 0.833 bits per heavy atom. The summed E-state index contributed by atoms with van der Waals surface area (Å²) in [5.74, 6) is -3.30. The fourth-order valence-electron chi connectivity index (χ4n) is 1.64. The molecule has 0 saturated carbocycles. The predicted octanol–water partition coefficient (Wildman–Crippen LogP) is 0.846. The molecule has 0 spiro atoms. The van der Waals surface area contributed by atoms with E-state index in [1.54, 1.807) is 0 Å². The van der Waals surface area contributed by atoms with Crippen molar-refractivity contribution in [2.45, 2.75) is 12.2 Å². The Morgan fingerprint density at radius 2 is 1.25 bits per heavy atom. The molecule has 2 aromatic carbocycles. The van der Waals surface area contributed by atoms with Gasteiger partial charge in [0.05, 0.1) is 0 Å². The molecule has 24 heavy (non-hydrogen) atoms. The average Bonchev–Trinajstić information content (AvgIpc) is 2.62. The van der Waals surface area contributed by atoms with E-state index in [9.17, 15) is 14.4 Å². The average molecular weight is 332 g/mol. The Balaban J connectivity index is 0.000000240. The molecule has 0 heterocycles. The minimum Gasteiger partial charge on any atom is -0.479 e. The first-order valence-electron chi connectivity index (χ1n) is 6.81. The number of carboxylic acid groups (broad SMARTS) is 1. The van der Waals surface area contributed by atoms with Crippen LogP contribution in [0.4, 0.5) is 0 Å². The van der Waals surface area contributed by atoms with Crippen molar-refractivity contribution in [2.24, 2.45) is 0 Å². The van der Waals surface area contributed by atoms with Crippen molar-refractivity contribution in [3.8, 4) is 11.1 Å². The highest BCUT2D eigenvalue weighted by Gasteiger charge is 2.31. The molecule has 0 radical (unpaired) electrons. The van der Waals surface area contributed by atoms with Gasteiger partial charge >= 0.3 is 18.4 Å². The lowest BCUT2D eigenvalue weighted by Gasteiger charge is -2.09. The van der Waals surface area contributed by atoms with Gasteiger partial charge in [0, 0.05) is 0 Å². The van der Waals surface area contributed by atoms with Crippen molar-refractivity contribution in [3.05, 3.63) is 60.7 Å². The van der Waals surface area contributed by atoms with Gasteiger partial charge in [-0.3, -0.25) is 4.79 Å². The Kier molecular flexibility index (Phi) is 7.83. The van der Waals surface area contributed by atoms with Gasteiger partial charge in [0.15, 0.2) is 12.2 Å². The fourth-order valence-corrected chi connectivity index (χ4v) is 1.64. The minimum absolute atomic E-state index is 0.278. The van der Waals surface area contributed by atoms with Gasteiger partial charge in [0.2, 0.25) is 0 Å². The maximum absolute atomic E-state index is 10.4. The summed E-state index contributed by atoms with van der Waals surface area (Å²) in [6, 6.07) is 20.8. The Hall–Kier alpha value is -3.03. The molecule has 0 saturated heterocycles. The number of aliphatic hydroxyl groups is 2. The number of aliphatic hydroxyl groups excluding tert-OH is 2. The number of hydrogen-bond donors (Lipinski definition) is 3. The lowest BCUT2D eigenvalue weighted by atomic mass is 10.1. The fraction of sp³-hybridized carbons (Fsp3) is 0.118. The van der Waals surface area contributed by atoms with E-state index in [4.69, 9.17) is 15.3 Å². The van der Waals surface area contributed by atoms with Crippen LogP contribution >= 0.6 is 0 Å². The lowest BCUT2D eigenvalue weighted by molar-refractivity contribution is -0.171. The first kappa shape index (κ1) is 19.0. The highest BCUT2D eigenvalue weighted by Crippen LogP contribution is 2.17. The molecule has 0 fully saturated rings. The maximum Gasteiger partial charge on any atom is 0.345 e. The van der Waals surface area contributed by atoms with Gasteiger partial charge in [-0.2, -0.15) is 0 Å². The van der Waals surface area contributed by atoms with E-state index in [0.717, 1.165) is 0 Å². The van der Waals surface area contributed by atoms with E-state index in [1.807, 2.05) is 12.1 Å². The van der Waals surface area contributed by atoms with Crippen LogP contribution in [0.5, 0.6) is 0 Å². The molecule has 0 aliphatic heterocycles. The molecule has 0 aliphatic carbocycles. The number of ether oxygens (including phenoxy) is 1. The number of hydrogen-bond acceptors (Lipinski definition) is 6. The van der Waals surface area contributed by atoms with Crippen molar-refractivity contribution < 1.29 is 34.4 Å². The highest BCUT2D eigenvalue weighted by atomic mass is 16.6. The number of carboxylic acids is 1. The molecular weight excluding hydrogens is 316 g/mol. The van der Waals surface area contributed by atoms with Gasteiger partial charge in [0.25, 0.3) is 0 Å². The summed E-state index contributed by atoms with van der Waals surface area (Å²) in [5.41, 5.74) is 2.55. The van der Waals surface area contributed by atoms with E-state index in [1.165, 1.54) is 11.1 Å². The van der Waals surface area contributed by atoms with Crippen molar-refractivity contribution >= 4 is 18.4 Å². The topological polar surface area (TPSA) is 121 Å². The largest absolute Gasteiger partial charge is 0.479 e. The van der Waals surface area contributed by atoms with Crippen LogP contribution in [0.15, 0.2) is 60.7 Å². The van der Waals surface area contributed by atoms with Crippen LogP contribution in [0, 0.1) is 0 Å². The van der Waals surface area contributed by atoms with Gasteiger partial charge in [-0.05, 0) is 11.1 Å². The third kappa shape index (κ3) is 5.99. The zero-order chi connectivity index (χ0) is 17.9. The van der Waals surface area contributed by atoms with E-state index in [2.05, 4.69) is 53.3 Å². The molecular formula is C17H16O7. The van der Waals surface area contributed by atoms with Crippen LogP contribution < -0.4 is 0 Å². The van der Waals surface area contributed by atoms with Crippen molar-refractivity contribution in [1.29, 1.82) is 0 Å². The Bertz CT molecular complexity index is 618. The third-order valence-corrected chi connectivity index (χ3v) is 2.84. The second-order valence-electron chi connectivity index (χ2n) is 4.49. The molecule has 2 atom stereocenters. The summed E-state index contributed by atoms with van der Waals surface area (Å²) >= 11 is 0. The van der Waals surface area contributed by atoms with Gasteiger partial charge in [-0.1, -0.05) is 60.7 Å². The van der Waals surface area contributed by atoms with Crippen LogP contribution in [0.2, 0.25) is 0 Å². The highest BCUT2D eigenvalue weighted by molar-refractivity contribution is 5.87. The summed E-state index contributed by atoms with van der Waals surface area (Å²) in [7, 11) is 0. The van der Waals surface area contributed by atoms with Crippen molar-refractivity contribution in [2.75, 3.05) is 0 Å². The zero-order valence-corrected chi connectivity index (χ0v) is 12.5. The van der Waals surface area contributed by atoms with Crippen LogP contribution in [-0.2, 0) is 19.1 Å². The molecule has 7 nitrogen and oxygen atoms in total. The van der Waals surface area contributed by atoms with Crippen LogP contribution in [-0.4, -0.2) is 45.9 Å². The third-order valence-electron chi connectivity index (χ3n) is 2.84. The number of aliphatic carboxylic acids is 1. The summed E-state index contributed by atoms with van der Waals surface area (Å²) in [4.78, 5) is 29.8. The molecule has 3 N–H and O–H groups in total. The predicted molar refractivity (Wildman–Crippen MR) is 83.7 cm³/mol. The van der Waals surface area contributed by atoms with Crippen LogP contribution in [0.25, 0.3) is 11.1 Å². The van der Waals surface area contributed by atoms with Crippen LogP contribution in [0.3, 0.4) is 0 Å². The number of carbonyl (C=O) groups excluding carboxylic acids is 2. The van der Waals surface area contributed by atoms with Gasteiger partial charge in [0.1, 0.15) is 0 Å². The van der Waals surface area contributed by atoms with E-state index < -0.39 is 24.1 Å². The van der Waals surface area contributed by atoms with E-state index >= 15 is 0 Å². The smallest absolute Gasteiger partial charge is 0.345 e. The SMILES string of the molecule is O=COC(=O)C(O)C(O)C(=O)O.c1ccc(-c2ccccc2)cc1. The van der Waals surface area contributed by atoms with Gasteiger partial charge in [-0.25, -0.2) is 9.59 Å². The molecule has 0 bridgehead atoms.